The lowest BCUT2D eigenvalue weighted by atomic mass is 10.2. The zero-order chi connectivity index (χ0) is 19.3. The Hall–Kier alpha value is -3.51. The van der Waals surface area contributed by atoms with Crippen molar-refractivity contribution in [2.24, 2.45) is 0 Å². The molecule has 0 radical (unpaired) electrons. The summed E-state index contributed by atoms with van der Waals surface area (Å²) in [6, 6.07) is 25.7. The molecule has 4 aromatic rings. The normalized spacial score (nSPS) is 10.5. The first-order chi connectivity index (χ1) is 13.7. The highest BCUT2D eigenvalue weighted by atomic mass is 32.1. The first-order valence-electron chi connectivity index (χ1n) is 8.91. The molecule has 0 spiro atoms. The van der Waals surface area contributed by atoms with Gasteiger partial charge in [0.15, 0.2) is 5.11 Å². The van der Waals surface area contributed by atoms with Gasteiger partial charge in [0.1, 0.15) is 11.6 Å². The fourth-order valence-electron chi connectivity index (χ4n) is 2.88. The van der Waals surface area contributed by atoms with Crippen molar-refractivity contribution in [3.05, 3.63) is 84.7 Å². The predicted octanol–water partition coefficient (Wildman–Crippen LogP) is 5.49. The number of aromatic nitrogens is 2. The summed E-state index contributed by atoms with van der Waals surface area (Å²) >= 11 is 5.37. The van der Waals surface area contributed by atoms with E-state index in [2.05, 4.69) is 25.9 Å². The molecular formula is C22H19N5S. The molecule has 1 aromatic heterocycles. The summed E-state index contributed by atoms with van der Waals surface area (Å²) in [6.07, 6.45) is 0. The van der Waals surface area contributed by atoms with Crippen molar-refractivity contribution >= 4 is 51.1 Å². The van der Waals surface area contributed by atoms with Crippen LogP contribution in [-0.4, -0.2) is 15.1 Å². The lowest BCUT2D eigenvalue weighted by Gasteiger charge is -2.12. The summed E-state index contributed by atoms with van der Waals surface area (Å²) in [4.78, 5) is 9.02. The van der Waals surface area contributed by atoms with Crippen LogP contribution in [0.3, 0.4) is 0 Å². The Kier molecular flexibility index (Phi) is 5.12. The predicted molar refractivity (Wildman–Crippen MR) is 120 cm³/mol. The monoisotopic (exact) mass is 385 g/mol. The molecule has 0 aliphatic rings. The van der Waals surface area contributed by atoms with Gasteiger partial charge in [-0.25, -0.2) is 9.97 Å². The van der Waals surface area contributed by atoms with Gasteiger partial charge in [0.2, 0.25) is 0 Å². The molecule has 5 nitrogen and oxygen atoms in total. The molecule has 28 heavy (non-hydrogen) atoms. The number of para-hydroxylation sites is 2. The summed E-state index contributed by atoms with van der Waals surface area (Å²) in [5.74, 6) is 1.53. The minimum absolute atomic E-state index is 0.546. The second-order valence-electron chi connectivity index (χ2n) is 6.28. The van der Waals surface area contributed by atoms with Crippen LogP contribution >= 0.6 is 12.2 Å². The molecule has 138 valence electrons. The van der Waals surface area contributed by atoms with Crippen LogP contribution in [0.1, 0.15) is 5.82 Å². The number of nitrogens with zero attached hydrogens (tertiary/aromatic N) is 2. The summed E-state index contributed by atoms with van der Waals surface area (Å²) in [7, 11) is 0. The van der Waals surface area contributed by atoms with Crippen LogP contribution in [0.4, 0.5) is 22.9 Å². The van der Waals surface area contributed by atoms with Gasteiger partial charge in [-0.05, 0) is 67.7 Å². The number of rotatable bonds is 4. The average Bonchev–Trinajstić information content (AvgIpc) is 2.70. The third kappa shape index (κ3) is 4.24. The Morgan fingerprint density at radius 2 is 1.32 bits per heavy atom. The van der Waals surface area contributed by atoms with E-state index in [9.17, 15) is 0 Å². The molecule has 0 saturated carbocycles. The van der Waals surface area contributed by atoms with Gasteiger partial charge >= 0.3 is 0 Å². The van der Waals surface area contributed by atoms with Gasteiger partial charge in [-0.15, -0.1) is 0 Å². The fourth-order valence-corrected chi connectivity index (χ4v) is 3.11. The number of thiocarbonyl (C=S) groups is 1. The number of hydrogen-bond acceptors (Lipinski definition) is 4. The number of aryl methyl sites for hydroxylation is 1. The van der Waals surface area contributed by atoms with Crippen LogP contribution < -0.4 is 16.0 Å². The minimum Gasteiger partial charge on any atom is -0.340 e. The smallest absolute Gasteiger partial charge is 0.175 e. The van der Waals surface area contributed by atoms with Gasteiger partial charge < -0.3 is 16.0 Å². The molecule has 0 aliphatic heterocycles. The molecule has 0 unspecified atom stereocenters. The van der Waals surface area contributed by atoms with E-state index in [1.165, 1.54) is 0 Å². The minimum atomic E-state index is 0.546. The second kappa shape index (κ2) is 8.02. The van der Waals surface area contributed by atoms with Crippen LogP contribution in [0.15, 0.2) is 78.9 Å². The molecule has 0 aliphatic carbocycles. The Bertz CT molecular complexity index is 1110. The molecule has 0 saturated heterocycles. The standard InChI is InChI=1S/C22H19N5S/c1-15-23-20-10-6-5-9-19(20)21(24-15)25-17-11-13-18(14-12-17)27-22(28)26-16-7-3-2-4-8-16/h2-14H,1H3,(H,23,24,25)(H2,26,27,28). The van der Waals surface area contributed by atoms with Crippen molar-refractivity contribution in [1.29, 1.82) is 0 Å². The maximum atomic E-state index is 5.37. The van der Waals surface area contributed by atoms with Crippen molar-refractivity contribution in [2.45, 2.75) is 6.92 Å². The van der Waals surface area contributed by atoms with E-state index in [0.29, 0.717) is 5.11 Å². The van der Waals surface area contributed by atoms with Gasteiger partial charge in [0.25, 0.3) is 0 Å². The van der Waals surface area contributed by atoms with Crippen LogP contribution in [0, 0.1) is 6.92 Å². The topological polar surface area (TPSA) is 61.9 Å². The van der Waals surface area contributed by atoms with Gasteiger partial charge in [-0.2, -0.15) is 0 Å². The molecule has 6 heteroatoms. The first kappa shape index (κ1) is 17.9. The fraction of sp³-hybridized carbons (Fsp3) is 0.0455. The number of hydrogen-bond donors (Lipinski definition) is 3. The van der Waals surface area contributed by atoms with Crippen molar-refractivity contribution in [2.75, 3.05) is 16.0 Å². The second-order valence-corrected chi connectivity index (χ2v) is 6.69. The summed E-state index contributed by atoms with van der Waals surface area (Å²) in [5, 5.41) is 11.3. The molecule has 0 amide bonds. The van der Waals surface area contributed by atoms with Crippen molar-refractivity contribution in [3.63, 3.8) is 0 Å². The third-order valence-corrected chi connectivity index (χ3v) is 4.36. The molecule has 1 heterocycles. The van der Waals surface area contributed by atoms with Crippen LogP contribution in [0.5, 0.6) is 0 Å². The SMILES string of the molecule is Cc1nc(Nc2ccc(NC(=S)Nc3ccccc3)cc2)c2ccccc2n1. The molecule has 0 atom stereocenters. The maximum absolute atomic E-state index is 5.37. The quantitative estimate of drug-likeness (QED) is 0.404. The van der Waals surface area contributed by atoms with Crippen LogP contribution in [-0.2, 0) is 0 Å². The van der Waals surface area contributed by atoms with Crippen molar-refractivity contribution in [1.82, 2.24) is 9.97 Å². The lowest BCUT2D eigenvalue weighted by molar-refractivity contribution is 1.09. The average molecular weight is 385 g/mol. The molecule has 3 N–H and O–H groups in total. The van der Waals surface area contributed by atoms with E-state index < -0.39 is 0 Å². The van der Waals surface area contributed by atoms with E-state index in [1.54, 1.807) is 0 Å². The van der Waals surface area contributed by atoms with Gasteiger partial charge in [0.05, 0.1) is 5.52 Å². The number of benzene rings is 3. The Morgan fingerprint density at radius 1 is 0.714 bits per heavy atom. The van der Waals surface area contributed by atoms with Gasteiger partial charge in [0, 0.05) is 22.4 Å². The van der Waals surface area contributed by atoms with Crippen LogP contribution in [0.25, 0.3) is 10.9 Å². The van der Waals surface area contributed by atoms with E-state index in [1.807, 2.05) is 85.8 Å². The zero-order valence-electron chi connectivity index (χ0n) is 15.3. The van der Waals surface area contributed by atoms with Crippen LogP contribution in [0.2, 0.25) is 0 Å². The number of anilines is 4. The molecule has 0 fully saturated rings. The first-order valence-corrected chi connectivity index (χ1v) is 9.32. The molecule has 4 rings (SSSR count). The van der Waals surface area contributed by atoms with Gasteiger partial charge in [-0.1, -0.05) is 30.3 Å². The van der Waals surface area contributed by atoms with Gasteiger partial charge in [-0.3, -0.25) is 0 Å². The highest BCUT2D eigenvalue weighted by Gasteiger charge is 2.06. The maximum Gasteiger partial charge on any atom is 0.175 e. The van der Waals surface area contributed by atoms with E-state index in [4.69, 9.17) is 12.2 Å². The van der Waals surface area contributed by atoms with E-state index >= 15 is 0 Å². The summed E-state index contributed by atoms with van der Waals surface area (Å²) in [6.45, 7) is 1.89. The highest BCUT2D eigenvalue weighted by molar-refractivity contribution is 7.80. The number of nitrogens with one attached hydrogen (secondary N) is 3. The van der Waals surface area contributed by atoms with Crippen molar-refractivity contribution in [3.8, 4) is 0 Å². The van der Waals surface area contributed by atoms with Crippen molar-refractivity contribution < 1.29 is 0 Å². The highest BCUT2D eigenvalue weighted by Crippen LogP contribution is 2.24. The third-order valence-electron chi connectivity index (χ3n) is 4.15. The molecule has 0 bridgehead atoms. The largest absolute Gasteiger partial charge is 0.340 e. The van der Waals surface area contributed by atoms with E-state index in [-0.39, 0.29) is 0 Å². The molecular weight excluding hydrogens is 366 g/mol. The Labute approximate surface area is 168 Å². The zero-order valence-corrected chi connectivity index (χ0v) is 16.1. The molecule has 3 aromatic carbocycles. The lowest BCUT2D eigenvalue weighted by Crippen LogP contribution is -2.18. The Balaban J connectivity index is 1.46. The summed E-state index contributed by atoms with van der Waals surface area (Å²) in [5.41, 5.74) is 3.72. The number of fused-ring (bicyclic) bond motifs is 1. The van der Waals surface area contributed by atoms with E-state index in [0.717, 1.165) is 39.6 Å². The summed E-state index contributed by atoms with van der Waals surface area (Å²) < 4.78 is 0. The Morgan fingerprint density at radius 3 is 2.07 bits per heavy atom.